The Bertz CT molecular complexity index is 471. The van der Waals surface area contributed by atoms with Gasteiger partial charge in [-0.2, -0.15) is 0 Å². The van der Waals surface area contributed by atoms with E-state index in [0.717, 1.165) is 6.54 Å². The van der Waals surface area contributed by atoms with E-state index in [4.69, 9.17) is 5.73 Å². The van der Waals surface area contributed by atoms with Crippen LogP contribution in [0.3, 0.4) is 0 Å². The minimum absolute atomic E-state index is 0.601. The molecule has 3 heteroatoms. The number of hydrogen-bond acceptors (Lipinski definition) is 2. The van der Waals surface area contributed by atoms with Crippen molar-refractivity contribution in [2.45, 2.75) is 13.1 Å². The summed E-state index contributed by atoms with van der Waals surface area (Å²) in [6.07, 6.45) is 2.17. The second-order valence-corrected chi connectivity index (χ2v) is 3.85. The third-order valence-electron chi connectivity index (χ3n) is 2.74. The summed E-state index contributed by atoms with van der Waals surface area (Å²) in [5.41, 5.74) is 9.42. The molecule has 3 N–H and O–H groups in total. The lowest BCUT2D eigenvalue weighted by Gasteiger charge is -2.00. The van der Waals surface area contributed by atoms with Gasteiger partial charge in [-0.15, -0.1) is 0 Å². The summed E-state index contributed by atoms with van der Waals surface area (Å²) in [4.78, 5) is 0. The van der Waals surface area contributed by atoms with Crippen LogP contribution in [0, 0.1) is 0 Å². The van der Waals surface area contributed by atoms with Gasteiger partial charge in [-0.3, -0.25) is 0 Å². The predicted molar refractivity (Wildman–Crippen MR) is 63.6 cm³/mol. The zero-order valence-electron chi connectivity index (χ0n) is 9.25. The van der Waals surface area contributed by atoms with Crippen LogP contribution in [0.15, 0.2) is 24.4 Å². The average Bonchev–Trinajstić information content (AvgIpc) is 2.56. The number of rotatable bonds is 3. The molecule has 0 aliphatic rings. The molecule has 3 nitrogen and oxygen atoms in total. The lowest BCUT2D eigenvalue weighted by Crippen LogP contribution is -2.04. The first kappa shape index (κ1) is 10.2. The molecule has 0 bridgehead atoms. The van der Waals surface area contributed by atoms with Gasteiger partial charge in [0.1, 0.15) is 0 Å². The molecule has 0 fully saturated rings. The summed E-state index contributed by atoms with van der Waals surface area (Å²) >= 11 is 0. The summed E-state index contributed by atoms with van der Waals surface area (Å²) < 4.78 is 2.16. The highest BCUT2D eigenvalue weighted by Crippen LogP contribution is 2.21. The van der Waals surface area contributed by atoms with E-state index >= 15 is 0 Å². The molecule has 0 radical (unpaired) electrons. The van der Waals surface area contributed by atoms with E-state index < -0.39 is 0 Å². The fourth-order valence-corrected chi connectivity index (χ4v) is 1.98. The molecular weight excluding hydrogens is 186 g/mol. The van der Waals surface area contributed by atoms with Gasteiger partial charge in [-0.05, 0) is 30.3 Å². The monoisotopic (exact) mass is 203 g/mol. The van der Waals surface area contributed by atoms with E-state index in [-0.39, 0.29) is 0 Å². The Labute approximate surface area is 89.9 Å². The summed E-state index contributed by atoms with van der Waals surface area (Å²) in [6, 6.07) is 6.41. The Hall–Kier alpha value is -1.32. The molecule has 2 aromatic rings. The predicted octanol–water partition coefficient (Wildman–Crippen LogP) is 1.36. The summed E-state index contributed by atoms with van der Waals surface area (Å²) in [7, 11) is 4.04. The van der Waals surface area contributed by atoms with Crippen LogP contribution in [0.2, 0.25) is 0 Å². The Morgan fingerprint density at radius 3 is 2.87 bits per heavy atom. The molecule has 0 saturated carbocycles. The zero-order valence-corrected chi connectivity index (χ0v) is 9.25. The van der Waals surface area contributed by atoms with Gasteiger partial charge in [0, 0.05) is 37.2 Å². The van der Waals surface area contributed by atoms with Gasteiger partial charge in [0.05, 0.1) is 0 Å². The molecular formula is C12H17N3. The van der Waals surface area contributed by atoms with E-state index in [1.807, 2.05) is 7.05 Å². The molecule has 0 saturated heterocycles. The number of nitrogens with two attached hydrogens (primary N) is 1. The van der Waals surface area contributed by atoms with Crippen LogP contribution >= 0.6 is 0 Å². The third-order valence-corrected chi connectivity index (χ3v) is 2.74. The van der Waals surface area contributed by atoms with Crippen LogP contribution in [-0.4, -0.2) is 11.6 Å². The smallest absolute Gasteiger partial charge is 0.0481 e. The van der Waals surface area contributed by atoms with Gasteiger partial charge >= 0.3 is 0 Å². The van der Waals surface area contributed by atoms with Crippen LogP contribution < -0.4 is 11.1 Å². The highest BCUT2D eigenvalue weighted by atomic mass is 14.9. The van der Waals surface area contributed by atoms with Gasteiger partial charge in [0.25, 0.3) is 0 Å². The standard InChI is InChI=1S/C12H17N3/c1-14-7-10-8-15(2)12-4-3-9(6-13)5-11(10)12/h3-5,8,14H,6-7,13H2,1-2H3. The number of fused-ring (bicyclic) bond motifs is 1. The Morgan fingerprint density at radius 1 is 1.40 bits per heavy atom. The molecule has 0 aliphatic heterocycles. The normalized spacial score (nSPS) is 11.1. The van der Waals surface area contributed by atoms with Crippen LogP contribution in [-0.2, 0) is 20.1 Å². The average molecular weight is 203 g/mol. The molecule has 1 aromatic carbocycles. The van der Waals surface area contributed by atoms with Crippen molar-refractivity contribution < 1.29 is 0 Å². The van der Waals surface area contributed by atoms with Gasteiger partial charge < -0.3 is 15.6 Å². The molecule has 1 aromatic heterocycles. The first-order valence-electron chi connectivity index (χ1n) is 5.17. The lowest BCUT2D eigenvalue weighted by atomic mass is 10.1. The van der Waals surface area contributed by atoms with Crippen LogP contribution in [0.4, 0.5) is 0 Å². The van der Waals surface area contributed by atoms with Gasteiger partial charge in [-0.25, -0.2) is 0 Å². The summed E-state index contributed by atoms with van der Waals surface area (Å²) in [6.45, 7) is 1.50. The molecule has 0 atom stereocenters. The minimum Gasteiger partial charge on any atom is -0.350 e. The van der Waals surface area contributed by atoms with Crippen molar-refractivity contribution in [3.05, 3.63) is 35.5 Å². The SMILES string of the molecule is CNCc1cn(C)c2ccc(CN)cc12. The van der Waals surface area contributed by atoms with Crippen molar-refractivity contribution in [2.75, 3.05) is 7.05 Å². The number of benzene rings is 1. The van der Waals surface area contributed by atoms with E-state index in [9.17, 15) is 0 Å². The Balaban J connectivity index is 2.60. The minimum atomic E-state index is 0.601. The van der Waals surface area contributed by atoms with E-state index in [1.54, 1.807) is 0 Å². The van der Waals surface area contributed by atoms with Crippen molar-refractivity contribution >= 4 is 10.9 Å². The molecule has 80 valence electrons. The number of nitrogens with one attached hydrogen (secondary N) is 1. The van der Waals surface area contributed by atoms with Crippen molar-refractivity contribution in [2.24, 2.45) is 12.8 Å². The van der Waals surface area contributed by atoms with Gasteiger partial charge in [-0.1, -0.05) is 6.07 Å². The first-order chi connectivity index (χ1) is 7.26. The number of hydrogen-bond donors (Lipinski definition) is 2. The lowest BCUT2D eigenvalue weighted by molar-refractivity contribution is 0.815. The fraction of sp³-hybridized carbons (Fsp3) is 0.333. The van der Waals surface area contributed by atoms with Gasteiger partial charge in [0.2, 0.25) is 0 Å². The molecule has 15 heavy (non-hydrogen) atoms. The second-order valence-electron chi connectivity index (χ2n) is 3.85. The van der Waals surface area contributed by atoms with E-state index in [0.29, 0.717) is 6.54 Å². The second kappa shape index (κ2) is 4.04. The molecule has 2 rings (SSSR count). The summed E-state index contributed by atoms with van der Waals surface area (Å²) in [5.74, 6) is 0. The highest BCUT2D eigenvalue weighted by molar-refractivity contribution is 5.84. The van der Waals surface area contributed by atoms with E-state index in [1.165, 1.54) is 22.0 Å². The summed E-state index contributed by atoms with van der Waals surface area (Å²) in [5, 5.41) is 4.48. The van der Waals surface area contributed by atoms with Crippen molar-refractivity contribution in [1.29, 1.82) is 0 Å². The van der Waals surface area contributed by atoms with Crippen molar-refractivity contribution in [3.63, 3.8) is 0 Å². The highest BCUT2D eigenvalue weighted by Gasteiger charge is 2.05. The van der Waals surface area contributed by atoms with Crippen LogP contribution in [0.5, 0.6) is 0 Å². The maximum Gasteiger partial charge on any atom is 0.0481 e. The maximum atomic E-state index is 5.65. The third kappa shape index (κ3) is 1.76. The van der Waals surface area contributed by atoms with E-state index in [2.05, 4.69) is 41.3 Å². The number of aromatic nitrogens is 1. The molecule has 0 amide bonds. The Morgan fingerprint density at radius 2 is 2.20 bits per heavy atom. The molecule has 0 aliphatic carbocycles. The van der Waals surface area contributed by atoms with Gasteiger partial charge in [0.15, 0.2) is 0 Å². The number of aryl methyl sites for hydroxylation is 1. The Kier molecular flexibility index (Phi) is 2.75. The maximum absolute atomic E-state index is 5.65. The quantitative estimate of drug-likeness (QED) is 0.791. The molecule has 1 heterocycles. The number of nitrogens with zero attached hydrogens (tertiary/aromatic N) is 1. The van der Waals surface area contributed by atoms with Crippen LogP contribution in [0.1, 0.15) is 11.1 Å². The van der Waals surface area contributed by atoms with Crippen molar-refractivity contribution in [1.82, 2.24) is 9.88 Å². The van der Waals surface area contributed by atoms with Crippen LogP contribution in [0.25, 0.3) is 10.9 Å². The fourth-order valence-electron chi connectivity index (χ4n) is 1.98. The molecule has 0 spiro atoms. The topological polar surface area (TPSA) is 43.0 Å². The van der Waals surface area contributed by atoms with Crippen molar-refractivity contribution in [3.8, 4) is 0 Å². The zero-order chi connectivity index (χ0) is 10.8. The largest absolute Gasteiger partial charge is 0.350 e. The first-order valence-corrected chi connectivity index (χ1v) is 5.17. The molecule has 0 unspecified atom stereocenters.